The van der Waals surface area contributed by atoms with E-state index in [1.807, 2.05) is 38.2 Å². The summed E-state index contributed by atoms with van der Waals surface area (Å²) < 4.78 is 41.4. The predicted molar refractivity (Wildman–Crippen MR) is 223 cm³/mol. The monoisotopic (exact) mass is 804 g/mol. The van der Waals surface area contributed by atoms with Gasteiger partial charge in [0.25, 0.3) is 10.0 Å². The predicted octanol–water partition coefficient (Wildman–Crippen LogP) is 5.50. The number of aryl methyl sites for hydroxylation is 2. The van der Waals surface area contributed by atoms with E-state index < -0.39 is 16.0 Å². The van der Waals surface area contributed by atoms with Gasteiger partial charge in [0.2, 0.25) is 11.8 Å². The van der Waals surface area contributed by atoms with E-state index in [0.717, 1.165) is 59.7 Å². The van der Waals surface area contributed by atoms with Crippen LogP contribution in [0.2, 0.25) is 0 Å². The van der Waals surface area contributed by atoms with Crippen molar-refractivity contribution in [2.75, 3.05) is 25.0 Å². The van der Waals surface area contributed by atoms with E-state index in [9.17, 15) is 18.3 Å². The third-order valence-corrected chi connectivity index (χ3v) is 11.0. The van der Waals surface area contributed by atoms with Gasteiger partial charge in [-0.2, -0.15) is 16.9 Å². The van der Waals surface area contributed by atoms with Gasteiger partial charge in [0.05, 0.1) is 16.2 Å². The van der Waals surface area contributed by atoms with Gasteiger partial charge in [-0.25, -0.2) is 22.9 Å². The standard InChI is InChI=1S/C43H54N6O6S.CH3.Li/c1-27(2)20-30-14-11-17-34(37-25-44-36(24-45-37)32(18-19-54-8)23-43(5,6)7)46-38(30)26-55-39-22-35(40-28(3)12-9-13-29(40)4)47-42(48-39)49-56(52,53)33-16-10-15-31(21-33)41(50)51;;/h9-10,12-13,15-16,21-22,25,27,30,34,38,46H,11,14,17-20,26H2,1-8H3,(H,50,51)(H,47,48,49);1H3;/q-2;-1;+1/t30-,34?,38-;;/m0../s1. The van der Waals surface area contributed by atoms with Gasteiger partial charge in [-0.1, -0.05) is 71.7 Å². The van der Waals surface area contributed by atoms with Crippen LogP contribution in [-0.2, 0) is 14.8 Å². The van der Waals surface area contributed by atoms with Crippen LogP contribution in [0, 0.1) is 50.8 Å². The fourth-order valence-electron chi connectivity index (χ4n) is 7.13. The van der Waals surface area contributed by atoms with E-state index in [-0.39, 0.29) is 72.7 Å². The van der Waals surface area contributed by atoms with E-state index in [1.165, 1.54) is 18.2 Å². The van der Waals surface area contributed by atoms with E-state index in [4.69, 9.17) is 19.4 Å². The largest absolute Gasteiger partial charge is 1.00 e. The van der Waals surface area contributed by atoms with Crippen LogP contribution >= 0.6 is 0 Å². The number of carbonyl (C=O) groups is 1. The minimum absolute atomic E-state index is 0. The van der Waals surface area contributed by atoms with Crippen LogP contribution in [0.25, 0.3) is 16.8 Å². The number of nitrogens with one attached hydrogen (secondary N) is 2. The second-order valence-electron chi connectivity index (χ2n) is 15.9. The second-order valence-corrected chi connectivity index (χ2v) is 17.6. The number of benzene rings is 2. The summed E-state index contributed by atoms with van der Waals surface area (Å²) >= 11 is 0. The molecule has 1 saturated heterocycles. The maximum atomic E-state index is 13.5. The summed E-state index contributed by atoms with van der Waals surface area (Å²) in [5, 5.41) is 13.3. The van der Waals surface area contributed by atoms with Crippen molar-refractivity contribution in [3.8, 4) is 17.1 Å². The number of carboxylic acid groups (broad SMARTS) is 1. The number of methoxy groups -OCH3 is 1. The number of anilines is 1. The molecule has 1 fully saturated rings. The number of allylic oxidation sites excluding steroid dienone is 1. The van der Waals surface area contributed by atoms with Crippen LogP contribution in [0.4, 0.5) is 5.95 Å². The molecule has 0 aliphatic carbocycles. The second kappa shape index (κ2) is 21.2. The third-order valence-electron chi connectivity index (χ3n) is 9.64. The van der Waals surface area contributed by atoms with Crippen molar-refractivity contribution in [1.82, 2.24) is 25.3 Å². The summed E-state index contributed by atoms with van der Waals surface area (Å²) in [6.07, 6.45) is 13.0. The minimum atomic E-state index is -4.26. The average molecular weight is 805 g/mol. The molecule has 0 radical (unpaired) electrons. The minimum Gasteiger partial charge on any atom is -0.478 e. The van der Waals surface area contributed by atoms with Gasteiger partial charge >= 0.3 is 24.8 Å². The number of carboxylic acids is 1. The molecule has 2 aromatic heterocycles. The Morgan fingerprint density at radius 3 is 2.41 bits per heavy atom. The summed E-state index contributed by atoms with van der Waals surface area (Å²) in [5.41, 5.74) is 5.28. The first-order valence-electron chi connectivity index (χ1n) is 19.1. The fraction of sp³-hybridized carbons (Fsp3) is 0.455. The molecular weight excluding hydrogens is 748 g/mol. The zero-order valence-electron chi connectivity index (χ0n) is 35.6. The zero-order valence-corrected chi connectivity index (χ0v) is 36.5. The quantitative estimate of drug-likeness (QED) is 0.103. The number of nitrogens with zero attached hydrogens (tertiary/aromatic N) is 4. The van der Waals surface area contributed by atoms with E-state index in [2.05, 4.69) is 66.9 Å². The van der Waals surface area contributed by atoms with Crippen LogP contribution < -0.4 is 33.6 Å². The molecule has 4 aromatic rings. The van der Waals surface area contributed by atoms with E-state index in [1.54, 1.807) is 13.2 Å². The molecule has 1 unspecified atom stereocenters. The van der Waals surface area contributed by atoms with Crippen LogP contribution in [0.5, 0.6) is 5.88 Å². The van der Waals surface area contributed by atoms with Gasteiger partial charge in [0.15, 0.2) is 0 Å². The molecule has 12 nitrogen and oxygen atoms in total. The Kier molecular flexibility index (Phi) is 17.7. The van der Waals surface area contributed by atoms with Crippen molar-refractivity contribution in [2.24, 2.45) is 17.3 Å². The summed E-state index contributed by atoms with van der Waals surface area (Å²) in [6.45, 7) is 15.5. The summed E-state index contributed by atoms with van der Waals surface area (Å²) in [7, 11) is -2.58. The van der Waals surface area contributed by atoms with Crippen LogP contribution in [0.3, 0.4) is 0 Å². The first kappa shape index (κ1) is 48.2. The molecule has 3 N–H and O–H groups in total. The molecule has 3 atom stereocenters. The van der Waals surface area contributed by atoms with Gasteiger partial charge in [0.1, 0.15) is 6.61 Å². The molecule has 1 aliphatic rings. The molecule has 58 heavy (non-hydrogen) atoms. The Balaban J connectivity index is 0.00000450. The molecule has 308 valence electrons. The van der Waals surface area contributed by atoms with Crippen molar-refractivity contribution < 1.29 is 46.7 Å². The Hall–Kier alpha value is -4.12. The smallest absolute Gasteiger partial charge is 0.478 e. The summed E-state index contributed by atoms with van der Waals surface area (Å²) in [5.74, 6) is -0.485. The van der Waals surface area contributed by atoms with Crippen LogP contribution in [0.1, 0.15) is 106 Å². The normalized spacial score (nSPS) is 17.5. The molecule has 0 amide bonds. The first-order chi connectivity index (χ1) is 26.5. The number of aromatic carboxylic acids is 1. The number of rotatable bonds is 15. The summed E-state index contributed by atoms with van der Waals surface area (Å²) in [6, 6.07) is 12.6. The number of aromatic nitrogens is 4. The summed E-state index contributed by atoms with van der Waals surface area (Å²) in [4.78, 5) is 30.1. The molecule has 1 aliphatic heterocycles. The molecule has 0 bridgehead atoms. The Bertz CT molecular complexity index is 2100. The van der Waals surface area contributed by atoms with Crippen molar-refractivity contribution in [3.63, 3.8) is 0 Å². The fourth-order valence-corrected chi connectivity index (χ4v) is 8.12. The Morgan fingerprint density at radius 1 is 1.09 bits per heavy atom. The number of ether oxygens (including phenoxy) is 2. The molecular formula is C44H57LiN6O6S-2. The van der Waals surface area contributed by atoms with Gasteiger partial charge < -0.3 is 43.4 Å². The van der Waals surface area contributed by atoms with Gasteiger partial charge in [-0.3, -0.25) is 5.57 Å². The first-order valence-corrected chi connectivity index (χ1v) is 20.6. The topological polar surface area (TPSA) is 166 Å². The SMILES string of the molecule is COCCC(=[C-]C(C)(C)C)c1[c-]nc(C2CCC[C@@H](CC(C)C)[C@H](COc3cc(-c4c(C)cccc4C)nc(NS(=O)(=O)c4cccc(C(=O)O)c4)n3)N2)cn1.[CH3-].[Li+]. The zero-order chi connectivity index (χ0) is 40.6. The maximum absolute atomic E-state index is 13.5. The van der Waals surface area contributed by atoms with Gasteiger partial charge in [-0.15, -0.1) is 5.41 Å². The van der Waals surface area contributed by atoms with Crippen LogP contribution in [-0.4, -0.2) is 65.8 Å². The Morgan fingerprint density at radius 2 is 1.79 bits per heavy atom. The van der Waals surface area contributed by atoms with Crippen molar-refractivity contribution in [2.45, 2.75) is 97.5 Å². The van der Waals surface area contributed by atoms with Gasteiger partial charge in [0, 0.05) is 37.4 Å². The molecule has 14 heteroatoms. The van der Waals surface area contributed by atoms with Crippen molar-refractivity contribution in [1.29, 1.82) is 0 Å². The molecule has 2 aromatic carbocycles. The molecule has 0 spiro atoms. The molecule has 3 heterocycles. The van der Waals surface area contributed by atoms with Crippen LogP contribution in [0.15, 0.2) is 59.6 Å². The maximum Gasteiger partial charge on any atom is 1.00 e. The number of hydrogen-bond acceptors (Lipinski definition) is 10. The number of hydrogen-bond donors (Lipinski definition) is 3. The van der Waals surface area contributed by atoms with E-state index >= 15 is 0 Å². The van der Waals surface area contributed by atoms with Gasteiger partial charge in [-0.05, 0) is 86.2 Å². The third kappa shape index (κ3) is 13.2. The number of sulfonamides is 1. The van der Waals surface area contributed by atoms with E-state index in [0.29, 0.717) is 36.3 Å². The molecule has 0 saturated carbocycles. The average Bonchev–Trinajstić information content (AvgIpc) is 3.33. The van der Waals surface area contributed by atoms with Crippen molar-refractivity contribution >= 4 is 27.5 Å². The Labute approximate surface area is 357 Å². The molecule has 5 rings (SSSR count). The van der Waals surface area contributed by atoms with Crippen molar-refractivity contribution in [3.05, 3.63) is 103 Å².